The maximum absolute atomic E-state index is 4.15. The van der Waals surface area contributed by atoms with Gasteiger partial charge in [0.1, 0.15) is 0 Å². The second-order valence-corrected chi connectivity index (χ2v) is 4.00. The van der Waals surface area contributed by atoms with E-state index in [9.17, 15) is 0 Å². The van der Waals surface area contributed by atoms with Crippen molar-refractivity contribution < 1.29 is 0 Å². The van der Waals surface area contributed by atoms with Crippen LogP contribution >= 0.6 is 24.4 Å². The summed E-state index contributed by atoms with van der Waals surface area (Å²) in [6.07, 6.45) is 2.59. The summed E-state index contributed by atoms with van der Waals surface area (Å²) in [5, 5.41) is 0. The summed E-state index contributed by atoms with van der Waals surface area (Å²) >= 11 is 5.99. The molecule has 8 heavy (non-hydrogen) atoms. The molecule has 0 heterocycles. The van der Waals surface area contributed by atoms with E-state index in [-0.39, 0.29) is 0 Å². The summed E-state index contributed by atoms with van der Waals surface area (Å²) in [5.41, 5.74) is 0. The number of thiol groups is 1. The van der Waals surface area contributed by atoms with Gasteiger partial charge in [-0.1, -0.05) is 13.3 Å². The van der Waals surface area contributed by atoms with Gasteiger partial charge in [0.05, 0.1) is 4.58 Å². The monoisotopic (exact) mass is 149 g/mol. The molecule has 0 saturated heterocycles. The topological polar surface area (TPSA) is 0 Å². The predicted octanol–water partition coefficient (Wildman–Crippen LogP) is 2.96. The largest absolute Gasteiger partial charge is 0.159 e. The molecule has 0 amide bonds. The molecule has 0 unspecified atom stereocenters. The summed E-state index contributed by atoms with van der Waals surface area (Å²) in [5.74, 6) is 1.23. The Morgan fingerprint density at radius 2 is 2.25 bits per heavy atom. The van der Waals surface area contributed by atoms with Crippen LogP contribution in [0.3, 0.4) is 0 Å². The van der Waals surface area contributed by atoms with Gasteiger partial charge < -0.3 is 0 Å². The molecule has 0 aliphatic carbocycles. The third kappa shape index (κ3) is 6.70. The Balaban J connectivity index is 2.72. The van der Waals surface area contributed by atoms with Gasteiger partial charge in [-0.3, -0.25) is 0 Å². The molecule has 0 rings (SSSR count). The zero-order chi connectivity index (χ0) is 6.41. The van der Waals surface area contributed by atoms with Gasteiger partial charge in [-0.25, -0.2) is 0 Å². The second-order valence-electron chi connectivity index (χ2n) is 1.72. The van der Waals surface area contributed by atoms with E-state index in [0.29, 0.717) is 0 Å². The highest BCUT2D eigenvalue weighted by atomic mass is 32.2. The molecule has 0 aliphatic rings. The highest BCUT2D eigenvalue weighted by molar-refractivity contribution is 8.13. The molecule has 0 fully saturated rings. The lowest BCUT2D eigenvalue weighted by Gasteiger charge is -1.99. The molecule has 0 aromatic carbocycles. The van der Waals surface area contributed by atoms with E-state index in [2.05, 4.69) is 19.6 Å². The molecule has 0 bridgehead atoms. The van der Waals surface area contributed by atoms with Crippen LogP contribution in [0.2, 0.25) is 0 Å². The quantitative estimate of drug-likeness (QED) is 0.473. The van der Waals surface area contributed by atoms with Crippen LogP contribution in [0.1, 0.15) is 26.7 Å². The van der Waals surface area contributed by atoms with Crippen molar-refractivity contribution in [3.63, 3.8) is 0 Å². The summed E-state index contributed by atoms with van der Waals surface area (Å²) in [4.78, 5) is 0. The smallest absolute Gasteiger partial charge is 0.0785 e. The Labute approximate surface area is 61.8 Å². The molecular formula is C6H13S2. The van der Waals surface area contributed by atoms with Crippen LogP contribution in [0.15, 0.2) is 0 Å². The van der Waals surface area contributed by atoms with Gasteiger partial charge in [-0.15, -0.1) is 11.8 Å². The SMILES string of the molecule is CCCCS[C](C)S. The van der Waals surface area contributed by atoms with E-state index in [1.165, 1.54) is 23.2 Å². The van der Waals surface area contributed by atoms with Crippen LogP contribution in [-0.4, -0.2) is 5.75 Å². The second kappa shape index (κ2) is 5.83. The summed E-state index contributed by atoms with van der Waals surface area (Å²) in [6.45, 7) is 4.23. The maximum Gasteiger partial charge on any atom is 0.0785 e. The number of unbranched alkanes of at least 4 members (excludes halogenated alkanes) is 1. The van der Waals surface area contributed by atoms with E-state index < -0.39 is 0 Å². The van der Waals surface area contributed by atoms with E-state index in [1.54, 1.807) is 0 Å². The molecule has 0 aromatic heterocycles. The Kier molecular flexibility index (Phi) is 6.34. The lowest BCUT2D eigenvalue weighted by molar-refractivity contribution is 0.897. The van der Waals surface area contributed by atoms with Crippen LogP contribution < -0.4 is 0 Å². The zero-order valence-electron chi connectivity index (χ0n) is 5.48. The minimum absolute atomic E-state index is 1.18. The lowest BCUT2D eigenvalue weighted by atomic mass is 10.4. The molecular weight excluding hydrogens is 136 g/mol. The molecule has 0 spiro atoms. The predicted molar refractivity (Wildman–Crippen MR) is 45.3 cm³/mol. The van der Waals surface area contributed by atoms with Gasteiger partial charge in [0.15, 0.2) is 0 Å². The first-order chi connectivity index (χ1) is 3.77. The fourth-order valence-electron chi connectivity index (χ4n) is 0.364. The average Bonchev–Trinajstić information content (AvgIpc) is 1.66. The Morgan fingerprint density at radius 1 is 1.62 bits per heavy atom. The number of hydrogen-bond acceptors (Lipinski definition) is 2. The minimum atomic E-state index is 1.18. The van der Waals surface area contributed by atoms with Gasteiger partial charge in [-0.05, 0) is 19.1 Å². The molecule has 0 nitrogen and oxygen atoms in total. The normalized spacial score (nSPS) is 10.5. The Hall–Kier alpha value is 0.700. The lowest BCUT2D eigenvalue weighted by Crippen LogP contribution is -1.78. The Bertz CT molecular complexity index is 43.8. The summed E-state index contributed by atoms with van der Waals surface area (Å²) < 4.78 is 1.18. The van der Waals surface area contributed by atoms with E-state index in [1.807, 2.05) is 18.7 Å². The van der Waals surface area contributed by atoms with Crippen molar-refractivity contribution in [3.05, 3.63) is 4.58 Å². The first-order valence-corrected chi connectivity index (χ1v) is 4.36. The fraction of sp³-hybridized carbons (Fsp3) is 0.833. The minimum Gasteiger partial charge on any atom is -0.159 e. The van der Waals surface area contributed by atoms with Crippen LogP contribution in [0.25, 0.3) is 0 Å². The molecule has 1 radical (unpaired) electrons. The molecule has 2 heteroatoms. The van der Waals surface area contributed by atoms with Crippen molar-refractivity contribution in [2.75, 3.05) is 5.75 Å². The first kappa shape index (κ1) is 8.70. The molecule has 0 N–H and O–H groups in total. The van der Waals surface area contributed by atoms with Crippen molar-refractivity contribution in [1.82, 2.24) is 0 Å². The maximum atomic E-state index is 4.15. The van der Waals surface area contributed by atoms with Gasteiger partial charge in [0, 0.05) is 0 Å². The van der Waals surface area contributed by atoms with E-state index in [0.717, 1.165) is 0 Å². The van der Waals surface area contributed by atoms with Crippen LogP contribution in [-0.2, 0) is 0 Å². The molecule has 0 atom stereocenters. The highest BCUT2D eigenvalue weighted by Gasteiger charge is 1.92. The van der Waals surface area contributed by atoms with Crippen molar-refractivity contribution in [3.8, 4) is 0 Å². The zero-order valence-corrected chi connectivity index (χ0v) is 7.19. The number of thioether (sulfide) groups is 1. The van der Waals surface area contributed by atoms with Gasteiger partial charge in [0.25, 0.3) is 0 Å². The molecule has 49 valence electrons. The molecule has 0 saturated carbocycles. The van der Waals surface area contributed by atoms with Crippen molar-refractivity contribution >= 4 is 24.4 Å². The highest BCUT2D eigenvalue weighted by Crippen LogP contribution is 2.22. The fourth-order valence-corrected chi connectivity index (χ4v) is 1.37. The summed E-state index contributed by atoms with van der Waals surface area (Å²) in [6, 6.07) is 0. The van der Waals surface area contributed by atoms with Gasteiger partial charge >= 0.3 is 0 Å². The number of rotatable bonds is 4. The number of hydrogen-bond donors (Lipinski definition) is 1. The van der Waals surface area contributed by atoms with Crippen molar-refractivity contribution in [2.45, 2.75) is 26.7 Å². The molecule has 0 aromatic rings. The third-order valence-corrected chi connectivity index (χ3v) is 2.11. The van der Waals surface area contributed by atoms with Crippen molar-refractivity contribution in [2.24, 2.45) is 0 Å². The molecule has 0 aliphatic heterocycles. The van der Waals surface area contributed by atoms with Gasteiger partial charge in [-0.2, -0.15) is 12.6 Å². The van der Waals surface area contributed by atoms with Crippen LogP contribution in [0.5, 0.6) is 0 Å². The average molecular weight is 149 g/mol. The Morgan fingerprint density at radius 3 is 2.62 bits per heavy atom. The van der Waals surface area contributed by atoms with Crippen LogP contribution in [0, 0.1) is 4.58 Å². The first-order valence-electron chi connectivity index (χ1n) is 2.92. The summed E-state index contributed by atoms with van der Waals surface area (Å²) in [7, 11) is 0. The standard InChI is InChI=1S/C6H13S2/c1-3-4-5-8-6(2)7/h7H,3-5H2,1-2H3. The van der Waals surface area contributed by atoms with Crippen LogP contribution in [0.4, 0.5) is 0 Å². The third-order valence-electron chi connectivity index (χ3n) is 0.809. The van der Waals surface area contributed by atoms with Crippen molar-refractivity contribution in [1.29, 1.82) is 0 Å². The van der Waals surface area contributed by atoms with Gasteiger partial charge in [0.2, 0.25) is 0 Å². The van der Waals surface area contributed by atoms with E-state index in [4.69, 9.17) is 0 Å². The van der Waals surface area contributed by atoms with E-state index >= 15 is 0 Å².